The summed E-state index contributed by atoms with van der Waals surface area (Å²) in [6.45, 7) is 0.115. The van der Waals surface area contributed by atoms with Crippen LogP contribution in [0.3, 0.4) is 0 Å². The maximum atomic E-state index is 12.4. The molecule has 0 bridgehead atoms. The second kappa shape index (κ2) is 9.66. The van der Waals surface area contributed by atoms with Gasteiger partial charge in [-0.25, -0.2) is 0 Å². The van der Waals surface area contributed by atoms with Crippen LogP contribution in [0.1, 0.15) is 10.4 Å². The molecule has 6 heteroatoms. The fourth-order valence-corrected chi connectivity index (χ4v) is 3.27. The van der Waals surface area contributed by atoms with Crippen LogP contribution in [0.25, 0.3) is 10.8 Å². The minimum absolute atomic E-state index is 0.115. The van der Waals surface area contributed by atoms with Crippen molar-refractivity contribution < 1.29 is 14.3 Å². The van der Waals surface area contributed by atoms with Crippen molar-refractivity contribution in [1.82, 2.24) is 0 Å². The molecular weight excluding hydrogens is 402 g/mol. The molecule has 0 saturated heterocycles. The van der Waals surface area contributed by atoms with Crippen molar-refractivity contribution in [3.63, 3.8) is 0 Å². The monoisotopic (exact) mass is 425 g/mol. The first-order valence-corrected chi connectivity index (χ1v) is 10.2. The summed E-state index contributed by atoms with van der Waals surface area (Å²) in [5, 5.41) is 11.0. The third-order valence-electron chi connectivity index (χ3n) is 4.98. The van der Waals surface area contributed by atoms with Crippen LogP contribution in [0.2, 0.25) is 0 Å². The lowest BCUT2D eigenvalue weighted by Crippen LogP contribution is -2.21. The Hall–Kier alpha value is -4.32. The Labute approximate surface area is 186 Å². The van der Waals surface area contributed by atoms with E-state index in [4.69, 9.17) is 4.74 Å². The maximum absolute atomic E-state index is 12.4. The van der Waals surface area contributed by atoms with Gasteiger partial charge in [-0.2, -0.15) is 0 Å². The van der Waals surface area contributed by atoms with Crippen LogP contribution in [0.5, 0.6) is 5.75 Å². The lowest BCUT2D eigenvalue weighted by atomic mass is 10.1. The van der Waals surface area contributed by atoms with E-state index in [1.807, 2.05) is 42.5 Å². The van der Waals surface area contributed by atoms with E-state index in [1.165, 1.54) is 0 Å². The first-order chi connectivity index (χ1) is 15.6. The van der Waals surface area contributed by atoms with Gasteiger partial charge in [0.1, 0.15) is 5.75 Å². The Morgan fingerprint density at radius 2 is 1.38 bits per heavy atom. The summed E-state index contributed by atoms with van der Waals surface area (Å²) < 4.78 is 5.11. The van der Waals surface area contributed by atoms with E-state index in [9.17, 15) is 9.59 Å². The number of hydrogen-bond donors (Lipinski definition) is 3. The minimum Gasteiger partial charge on any atom is -0.497 e. The number of benzene rings is 4. The van der Waals surface area contributed by atoms with E-state index < -0.39 is 0 Å². The fraction of sp³-hybridized carbons (Fsp3) is 0.0769. The molecule has 0 aliphatic carbocycles. The molecule has 0 aliphatic rings. The summed E-state index contributed by atoms with van der Waals surface area (Å²) in [5.41, 5.74) is 2.70. The first kappa shape index (κ1) is 20.9. The number of ether oxygens (including phenoxy) is 1. The third-order valence-corrected chi connectivity index (χ3v) is 4.98. The molecule has 4 aromatic rings. The Kier molecular flexibility index (Phi) is 6.32. The van der Waals surface area contributed by atoms with E-state index >= 15 is 0 Å². The third kappa shape index (κ3) is 5.23. The van der Waals surface area contributed by atoms with Crippen molar-refractivity contribution in [2.45, 2.75) is 0 Å². The van der Waals surface area contributed by atoms with Gasteiger partial charge in [-0.1, -0.05) is 30.3 Å². The highest BCUT2D eigenvalue weighted by atomic mass is 16.5. The average Bonchev–Trinajstić information content (AvgIpc) is 2.83. The van der Waals surface area contributed by atoms with Crippen LogP contribution in [0, 0.1) is 0 Å². The number of hydrogen-bond acceptors (Lipinski definition) is 4. The van der Waals surface area contributed by atoms with Crippen LogP contribution in [0.15, 0.2) is 91.0 Å². The second-order valence-corrected chi connectivity index (χ2v) is 7.22. The molecule has 3 N–H and O–H groups in total. The molecular formula is C26H23N3O3. The zero-order chi connectivity index (χ0) is 22.3. The van der Waals surface area contributed by atoms with E-state index in [-0.39, 0.29) is 18.4 Å². The van der Waals surface area contributed by atoms with Crippen LogP contribution < -0.4 is 20.7 Å². The topological polar surface area (TPSA) is 79.5 Å². The molecule has 32 heavy (non-hydrogen) atoms. The van der Waals surface area contributed by atoms with E-state index in [0.717, 1.165) is 27.9 Å². The summed E-state index contributed by atoms with van der Waals surface area (Å²) >= 11 is 0. The standard InChI is InChI=1S/C26H23N3O3/c1-32-24-14-12-22(13-15-24)29-26(31)19-7-9-21(10-8-19)27-17-25(30)28-23-11-6-18-4-2-3-5-20(18)16-23/h2-16,27H,17H2,1H3,(H,28,30)(H,29,31). The zero-order valence-corrected chi connectivity index (χ0v) is 17.6. The van der Waals surface area contributed by atoms with Crippen molar-refractivity contribution in [2.75, 3.05) is 29.6 Å². The quantitative estimate of drug-likeness (QED) is 0.383. The van der Waals surface area contributed by atoms with Gasteiger partial charge >= 0.3 is 0 Å². The minimum atomic E-state index is -0.212. The number of rotatable bonds is 7. The molecule has 0 saturated carbocycles. The van der Waals surface area contributed by atoms with Crippen LogP contribution in [0.4, 0.5) is 17.1 Å². The summed E-state index contributed by atoms with van der Waals surface area (Å²) in [6.07, 6.45) is 0. The summed E-state index contributed by atoms with van der Waals surface area (Å²) in [7, 11) is 1.59. The van der Waals surface area contributed by atoms with Gasteiger partial charge in [0.2, 0.25) is 5.91 Å². The highest BCUT2D eigenvalue weighted by molar-refractivity contribution is 6.04. The number of carbonyl (C=O) groups is 2. The Balaban J connectivity index is 1.29. The van der Waals surface area contributed by atoms with Crippen molar-refractivity contribution >= 4 is 39.6 Å². The van der Waals surface area contributed by atoms with Crippen LogP contribution >= 0.6 is 0 Å². The van der Waals surface area contributed by atoms with Gasteiger partial charge in [0.05, 0.1) is 13.7 Å². The summed E-state index contributed by atoms with van der Waals surface area (Å²) in [6, 6.07) is 27.9. The number of carbonyl (C=O) groups excluding carboxylic acids is 2. The maximum Gasteiger partial charge on any atom is 0.255 e. The second-order valence-electron chi connectivity index (χ2n) is 7.22. The van der Waals surface area contributed by atoms with Gasteiger partial charge < -0.3 is 20.7 Å². The normalized spacial score (nSPS) is 10.4. The van der Waals surface area contributed by atoms with Crippen molar-refractivity contribution in [3.05, 3.63) is 96.6 Å². The van der Waals surface area contributed by atoms with Crippen LogP contribution in [-0.4, -0.2) is 25.5 Å². The molecule has 0 aliphatic heterocycles. The SMILES string of the molecule is COc1ccc(NC(=O)c2ccc(NCC(=O)Nc3ccc4ccccc4c3)cc2)cc1. The molecule has 0 atom stereocenters. The molecule has 160 valence electrons. The van der Waals surface area contributed by atoms with Gasteiger partial charge in [-0.15, -0.1) is 0 Å². The molecule has 4 aromatic carbocycles. The van der Waals surface area contributed by atoms with Crippen LogP contribution in [-0.2, 0) is 4.79 Å². The van der Waals surface area contributed by atoms with Gasteiger partial charge in [0.25, 0.3) is 5.91 Å². The molecule has 0 heterocycles. The highest BCUT2D eigenvalue weighted by Gasteiger charge is 2.07. The van der Waals surface area contributed by atoms with E-state index in [0.29, 0.717) is 11.3 Å². The molecule has 0 fully saturated rings. The van der Waals surface area contributed by atoms with E-state index in [1.54, 1.807) is 55.6 Å². The predicted octanol–water partition coefficient (Wildman–Crippen LogP) is 5.15. The Morgan fingerprint density at radius 1 is 0.719 bits per heavy atom. The van der Waals surface area contributed by atoms with Crippen molar-refractivity contribution in [2.24, 2.45) is 0 Å². The molecule has 2 amide bonds. The summed E-state index contributed by atoms with van der Waals surface area (Å²) in [4.78, 5) is 24.7. The summed E-state index contributed by atoms with van der Waals surface area (Å²) in [5.74, 6) is 0.362. The Bertz CT molecular complexity index is 1240. The fourth-order valence-electron chi connectivity index (χ4n) is 3.27. The number of anilines is 3. The molecule has 6 nitrogen and oxygen atoms in total. The van der Waals surface area contributed by atoms with E-state index in [2.05, 4.69) is 16.0 Å². The molecule has 0 aromatic heterocycles. The van der Waals surface area contributed by atoms with Crippen molar-refractivity contribution in [1.29, 1.82) is 0 Å². The average molecular weight is 425 g/mol. The molecule has 4 rings (SSSR count). The smallest absolute Gasteiger partial charge is 0.255 e. The van der Waals surface area contributed by atoms with Crippen molar-refractivity contribution in [3.8, 4) is 5.75 Å². The highest BCUT2D eigenvalue weighted by Crippen LogP contribution is 2.19. The number of fused-ring (bicyclic) bond motifs is 1. The number of methoxy groups -OCH3 is 1. The molecule has 0 radical (unpaired) electrons. The number of nitrogens with one attached hydrogen (secondary N) is 3. The largest absolute Gasteiger partial charge is 0.497 e. The van der Waals surface area contributed by atoms with Gasteiger partial charge in [0, 0.05) is 22.6 Å². The predicted molar refractivity (Wildman–Crippen MR) is 128 cm³/mol. The number of amides is 2. The lowest BCUT2D eigenvalue weighted by molar-refractivity contribution is -0.114. The molecule has 0 unspecified atom stereocenters. The van der Waals surface area contributed by atoms with Gasteiger partial charge in [-0.3, -0.25) is 9.59 Å². The Morgan fingerprint density at radius 3 is 2.09 bits per heavy atom. The zero-order valence-electron chi connectivity index (χ0n) is 17.6. The first-order valence-electron chi connectivity index (χ1n) is 10.2. The van der Waals surface area contributed by atoms with Gasteiger partial charge in [-0.05, 0) is 71.4 Å². The van der Waals surface area contributed by atoms with Gasteiger partial charge in [0.15, 0.2) is 0 Å². The lowest BCUT2D eigenvalue weighted by Gasteiger charge is -2.10. The molecule has 0 spiro atoms.